The van der Waals surface area contributed by atoms with Crippen LogP contribution in [0.1, 0.15) is 10.5 Å². The minimum Gasteiger partial charge on any atom is -0.493 e. The van der Waals surface area contributed by atoms with Crippen LogP contribution < -0.4 is 9.47 Å². The minimum atomic E-state index is 0.399. The molecule has 0 unspecified atom stereocenters. The van der Waals surface area contributed by atoms with Crippen LogP contribution in [0.4, 0.5) is 0 Å². The summed E-state index contributed by atoms with van der Waals surface area (Å²) in [6.45, 7) is 0. The second-order valence-electron chi connectivity index (χ2n) is 3.50. The molecule has 1 aromatic heterocycles. The average molecular weight is 267 g/mol. The monoisotopic (exact) mass is 266 g/mol. The molecule has 2 aromatic rings. The molecule has 2 rings (SSSR count). The lowest BCUT2D eigenvalue weighted by atomic mass is 10.2. The number of aldehydes is 1. The zero-order valence-corrected chi connectivity index (χ0v) is 10.6. The van der Waals surface area contributed by atoms with Gasteiger partial charge in [0.25, 0.3) is 0 Å². The largest absolute Gasteiger partial charge is 0.493 e. The number of ether oxygens (including phenoxy) is 2. The summed E-state index contributed by atoms with van der Waals surface area (Å²) in [7, 11) is 3.04. The molecule has 0 saturated carbocycles. The Morgan fingerprint density at radius 1 is 1.33 bits per heavy atom. The van der Waals surface area contributed by atoms with Crippen molar-refractivity contribution in [3.05, 3.63) is 29.0 Å². The van der Waals surface area contributed by atoms with E-state index in [0.29, 0.717) is 39.9 Å². The summed E-state index contributed by atoms with van der Waals surface area (Å²) in [4.78, 5) is 17.5. The smallest absolute Gasteiger partial charge is 0.179 e. The highest BCUT2D eigenvalue weighted by molar-refractivity contribution is 6.32. The third-order valence-electron chi connectivity index (χ3n) is 2.43. The number of nitrogens with zero attached hydrogens (tertiary/aromatic N) is 1. The predicted molar refractivity (Wildman–Crippen MR) is 67.5 cm³/mol. The first-order chi connectivity index (χ1) is 8.69. The van der Waals surface area contributed by atoms with E-state index in [4.69, 9.17) is 21.1 Å². The van der Waals surface area contributed by atoms with Gasteiger partial charge in [-0.3, -0.25) is 4.79 Å². The molecular weight excluding hydrogens is 256 g/mol. The second-order valence-corrected chi connectivity index (χ2v) is 3.91. The summed E-state index contributed by atoms with van der Waals surface area (Å²) in [5, 5.41) is 0.413. The van der Waals surface area contributed by atoms with Crippen LogP contribution in [0.2, 0.25) is 5.02 Å². The first-order valence-electron chi connectivity index (χ1n) is 5.11. The highest BCUT2D eigenvalue weighted by Gasteiger charge is 2.13. The number of aromatic amines is 1. The topological polar surface area (TPSA) is 64.2 Å². The first kappa shape index (κ1) is 12.4. The third-order valence-corrected chi connectivity index (χ3v) is 2.71. The van der Waals surface area contributed by atoms with E-state index < -0.39 is 0 Å². The molecule has 5 nitrogen and oxygen atoms in total. The van der Waals surface area contributed by atoms with Crippen molar-refractivity contribution in [2.45, 2.75) is 0 Å². The van der Waals surface area contributed by atoms with Crippen molar-refractivity contribution in [2.24, 2.45) is 0 Å². The van der Waals surface area contributed by atoms with Crippen molar-refractivity contribution in [2.75, 3.05) is 14.2 Å². The number of benzene rings is 1. The maximum absolute atomic E-state index is 10.6. The Kier molecular flexibility index (Phi) is 3.53. The fourth-order valence-electron chi connectivity index (χ4n) is 1.60. The van der Waals surface area contributed by atoms with Crippen molar-refractivity contribution in [3.63, 3.8) is 0 Å². The Morgan fingerprint density at radius 2 is 2.11 bits per heavy atom. The van der Waals surface area contributed by atoms with E-state index in [1.165, 1.54) is 20.4 Å². The fraction of sp³-hybridized carbons (Fsp3) is 0.167. The van der Waals surface area contributed by atoms with E-state index in [2.05, 4.69) is 9.97 Å². The number of imidazole rings is 1. The van der Waals surface area contributed by atoms with Gasteiger partial charge in [0.05, 0.1) is 31.1 Å². The molecule has 94 valence electrons. The zero-order valence-electron chi connectivity index (χ0n) is 9.86. The molecule has 0 radical (unpaired) electrons. The molecule has 0 spiro atoms. The van der Waals surface area contributed by atoms with Crippen LogP contribution in [0.3, 0.4) is 0 Å². The summed E-state index contributed by atoms with van der Waals surface area (Å²) in [5.74, 6) is 1.51. The van der Waals surface area contributed by atoms with Gasteiger partial charge in [-0.2, -0.15) is 0 Å². The van der Waals surface area contributed by atoms with Crippen LogP contribution in [0.15, 0.2) is 18.3 Å². The Morgan fingerprint density at radius 3 is 2.67 bits per heavy atom. The predicted octanol–water partition coefficient (Wildman–Crippen LogP) is 2.56. The Labute approximate surface area is 109 Å². The van der Waals surface area contributed by atoms with Gasteiger partial charge in [-0.15, -0.1) is 0 Å². The Bertz CT molecular complexity index is 581. The summed E-state index contributed by atoms with van der Waals surface area (Å²) < 4.78 is 10.3. The van der Waals surface area contributed by atoms with Crippen molar-refractivity contribution in [1.82, 2.24) is 9.97 Å². The highest BCUT2D eigenvalue weighted by Crippen LogP contribution is 2.38. The number of rotatable bonds is 4. The number of halogens is 1. The SMILES string of the molecule is COc1cc(-c2ncc(C=O)[nH]2)cc(Cl)c1OC. The van der Waals surface area contributed by atoms with E-state index >= 15 is 0 Å². The molecule has 1 N–H and O–H groups in total. The van der Waals surface area contributed by atoms with Gasteiger partial charge in [-0.05, 0) is 12.1 Å². The van der Waals surface area contributed by atoms with Gasteiger partial charge in [0.1, 0.15) is 5.82 Å². The lowest BCUT2D eigenvalue weighted by Crippen LogP contribution is -1.93. The number of hydrogen-bond donors (Lipinski definition) is 1. The van der Waals surface area contributed by atoms with Crippen LogP contribution in [0.25, 0.3) is 11.4 Å². The molecule has 6 heteroatoms. The molecule has 0 saturated heterocycles. The van der Waals surface area contributed by atoms with Crippen molar-refractivity contribution in [3.8, 4) is 22.9 Å². The van der Waals surface area contributed by atoms with Gasteiger partial charge in [-0.25, -0.2) is 4.98 Å². The fourth-order valence-corrected chi connectivity index (χ4v) is 1.88. The molecule has 0 aliphatic heterocycles. The van der Waals surface area contributed by atoms with Crippen molar-refractivity contribution in [1.29, 1.82) is 0 Å². The quantitative estimate of drug-likeness (QED) is 0.864. The standard InChI is InChI=1S/C12H11ClN2O3/c1-17-10-4-7(3-9(13)11(10)18-2)12-14-5-8(6-16)15-12/h3-6H,1-2H3,(H,14,15). The van der Waals surface area contributed by atoms with Crippen LogP contribution >= 0.6 is 11.6 Å². The normalized spacial score (nSPS) is 10.2. The Balaban J connectivity index is 2.51. The number of nitrogens with one attached hydrogen (secondary N) is 1. The van der Waals surface area contributed by atoms with E-state index in [-0.39, 0.29) is 0 Å². The number of methoxy groups -OCH3 is 2. The van der Waals surface area contributed by atoms with E-state index in [1.54, 1.807) is 12.1 Å². The minimum absolute atomic E-state index is 0.399. The second kappa shape index (κ2) is 5.10. The summed E-state index contributed by atoms with van der Waals surface area (Å²) in [5.41, 5.74) is 1.11. The summed E-state index contributed by atoms with van der Waals surface area (Å²) >= 11 is 6.09. The number of carbonyl (C=O) groups is 1. The van der Waals surface area contributed by atoms with Crippen LogP contribution in [0.5, 0.6) is 11.5 Å². The molecule has 0 amide bonds. The van der Waals surface area contributed by atoms with Gasteiger partial charge >= 0.3 is 0 Å². The molecule has 0 fully saturated rings. The number of H-pyrrole nitrogens is 1. The number of aromatic nitrogens is 2. The molecule has 0 aliphatic rings. The number of carbonyl (C=O) groups excluding carboxylic acids is 1. The van der Waals surface area contributed by atoms with Gasteiger partial charge < -0.3 is 14.5 Å². The maximum atomic E-state index is 10.6. The number of hydrogen-bond acceptors (Lipinski definition) is 4. The molecule has 1 aromatic carbocycles. The molecular formula is C12H11ClN2O3. The highest BCUT2D eigenvalue weighted by atomic mass is 35.5. The molecule has 1 heterocycles. The van der Waals surface area contributed by atoms with Crippen molar-refractivity contribution < 1.29 is 14.3 Å². The van der Waals surface area contributed by atoms with Crippen LogP contribution in [-0.2, 0) is 0 Å². The lowest BCUT2D eigenvalue weighted by Gasteiger charge is -2.10. The van der Waals surface area contributed by atoms with E-state index in [0.717, 1.165) is 0 Å². The first-order valence-corrected chi connectivity index (χ1v) is 5.49. The molecule has 0 bridgehead atoms. The van der Waals surface area contributed by atoms with E-state index in [1.807, 2.05) is 0 Å². The summed E-state index contributed by atoms with van der Waals surface area (Å²) in [6.07, 6.45) is 2.14. The van der Waals surface area contributed by atoms with Gasteiger partial charge in [-0.1, -0.05) is 11.6 Å². The average Bonchev–Trinajstić information content (AvgIpc) is 2.86. The maximum Gasteiger partial charge on any atom is 0.179 e. The lowest BCUT2D eigenvalue weighted by molar-refractivity contribution is 0.111. The van der Waals surface area contributed by atoms with Gasteiger partial charge in [0.15, 0.2) is 17.8 Å². The van der Waals surface area contributed by atoms with Crippen LogP contribution in [-0.4, -0.2) is 30.5 Å². The van der Waals surface area contributed by atoms with Crippen LogP contribution in [0, 0.1) is 0 Å². The van der Waals surface area contributed by atoms with Crippen molar-refractivity contribution >= 4 is 17.9 Å². The zero-order chi connectivity index (χ0) is 13.1. The Hall–Kier alpha value is -2.01. The van der Waals surface area contributed by atoms with E-state index in [9.17, 15) is 4.79 Å². The molecule has 18 heavy (non-hydrogen) atoms. The van der Waals surface area contributed by atoms with Gasteiger partial charge in [0, 0.05) is 5.56 Å². The molecule has 0 atom stereocenters. The third kappa shape index (κ3) is 2.17. The van der Waals surface area contributed by atoms with Gasteiger partial charge in [0.2, 0.25) is 0 Å². The summed E-state index contributed by atoms with van der Waals surface area (Å²) in [6, 6.07) is 3.43. The molecule has 0 aliphatic carbocycles.